The van der Waals surface area contributed by atoms with Crippen molar-refractivity contribution in [1.29, 1.82) is 0 Å². The smallest absolute Gasteiger partial charge is 0.184 e. The van der Waals surface area contributed by atoms with E-state index in [1.807, 2.05) is 0 Å². The molecule has 1 saturated heterocycles. The molecule has 4 heteroatoms. The van der Waals surface area contributed by atoms with Crippen LogP contribution in [-0.2, 0) is 14.3 Å². The highest BCUT2D eigenvalue weighted by molar-refractivity contribution is 6.05. The second-order valence-corrected chi connectivity index (χ2v) is 5.50. The molecule has 2 fully saturated rings. The van der Waals surface area contributed by atoms with Gasteiger partial charge >= 0.3 is 0 Å². The van der Waals surface area contributed by atoms with Gasteiger partial charge in [-0.3, -0.25) is 4.79 Å². The van der Waals surface area contributed by atoms with E-state index in [-0.39, 0.29) is 11.2 Å². The van der Waals surface area contributed by atoms with Crippen molar-refractivity contribution in [2.24, 2.45) is 5.41 Å². The lowest BCUT2D eigenvalue weighted by atomic mass is 9.61. The Balaban J connectivity index is 2.08. The Bertz CT molecular complexity index is 443. The molecule has 0 aromatic rings. The van der Waals surface area contributed by atoms with Crippen LogP contribution in [0.3, 0.4) is 0 Å². The Hall–Kier alpha value is -1.13. The molecule has 0 amide bonds. The summed E-state index contributed by atoms with van der Waals surface area (Å²) in [6.45, 7) is 3.29. The maximum absolute atomic E-state index is 11.8. The van der Waals surface area contributed by atoms with E-state index in [0.717, 1.165) is 31.1 Å². The highest BCUT2D eigenvalue weighted by atomic mass is 16.7. The van der Waals surface area contributed by atoms with Gasteiger partial charge in [-0.1, -0.05) is 12.5 Å². The van der Waals surface area contributed by atoms with Crippen molar-refractivity contribution in [1.82, 2.24) is 0 Å². The van der Waals surface area contributed by atoms with Crippen LogP contribution in [-0.4, -0.2) is 29.9 Å². The molecular weight excluding hydrogens is 232 g/mol. The molecule has 3 rings (SSSR count). The average molecular weight is 250 g/mol. The molecule has 1 atom stereocenters. The van der Waals surface area contributed by atoms with E-state index >= 15 is 0 Å². The Morgan fingerprint density at radius 1 is 1.39 bits per heavy atom. The van der Waals surface area contributed by atoms with Crippen LogP contribution in [0, 0.1) is 5.41 Å². The number of aliphatic hydroxyl groups is 1. The summed E-state index contributed by atoms with van der Waals surface area (Å²) in [4.78, 5) is 11.8. The predicted molar refractivity (Wildman–Crippen MR) is 65.0 cm³/mol. The second kappa shape index (κ2) is 3.93. The first-order valence-corrected chi connectivity index (χ1v) is 6.48. The van der Waals surface area contributed by atoms with Gasteiger partial charge in [-0.2, -0.15) is 0 Å². The molecule has 3 aliphatic rings. The molecule has 1 N–H and O–H groups in total. The minimum Gasteiger partial charge on any atom is -0.515 e. The van der Waals surface area contributed by atoms with Gasteiger partial charge in [-0.25, -0.2) is 0 Å². The van der Waals surface area contributed by atoms with Crippen molar-refractivity contribution in [2.45, 2.75) is 38.4 Å². The molecule has 0 bridgehead atoms. The fraction of sp³-hybridized carbons (Fsp3) is 0.643. The van der Waals surface area contributed by atoms with E-state index < -0.39 is 5.79 Å². The van der Waals surface area contributed by atoms with Crippen LogP contribution in [0.2, 0.25) is 0 Å². The first kappa shape index (κ1) is 11.9. The number of aliphatic hydroxyl groups excluding tert-OH is 1. The second-order valence-electron chi connectivity index (χ2n) is 5.50. The van der Waals surface area contributed by atoms with Gasteiger partial charge in [0.05, 0.1) is 19.5 Å². The summed E-state index contributed by atoms with van der Waals surface area (Å²) in [6, 6.07) is 0. The third-order valence-corrected chi connectivity index (χ3v) is 4.58. The van der Waals surface area contributed by atoms with Gasteiger partial charge in [-0.15, -0.1) is 0 Å². The Labute approximate surface area is 106 Å². The highest BCUT2D eigenvalue weighted by Gasteiger charge is 2.58. The lowest BCUT2D eigenvalue weighted by molar-refractivity contribution is -0.234. The average Bonchev–Trinajstić information content (AvgIpc) is 2.82. The van der Waals surface area contributed by atoms with Gasteiger partial charge in [-0.05, 0) is 25.3 Å². The number of allylic oxidation sites excluding steroid dienone is 2. The number of hydrogen-bond acceptors (Lipinski definition) is 4. The van der Waals surface area contributed by atoms with Crippen molar-refractivity contribution in [3.63, 3.8) is 0 Å². The standard InChI is InChI=1S/C14H18O4/c1-13-8-10(9-15)12(16)7-11(13)3-2-4-14(13)17-5-6-18-14/h7,9,15H,2-6,8H2,1H3/b10-9+/t13-/m0/s1. The summed E-state index contributed by atoms with van der Waals surface area (Å²) in [5.74, 6) is -0.688. The van der Waals surface area contributed by atoms with Crippen LogP contribution in [0.1, 0.15) is 32.6 Å². The fourth-order valence-electron chi connectivity index (χ4n) is 3.53. The minimum atomic E-state index is -0.605. The quantitative estimate of drug-likeness (QED) is 0.529. The van der Waals surface area contributed by atoms with E-state index in [1.165, 1.54) is 0 Å². The summed E-state index contributed by atoms with van der Waals surface area (Å²) in [5.41, 5.74) is 1.22. The SMILES string of the molecule is C[C@]12C/C(=C\O)C(=O)C=C1CCCC21OCCO1. The lowest BCUT2D eigenvalue weighted by Gasteiger charge is -2.51. The molecular formula is C14H18O4. The number of carbonyl (C=O) groups excluding carboxylic acids is 1. The summed E-state index contributed by atoms with van der Waals surface area (Å²) < 4.78 is 11.8. The summed E-state index contributed by atoms with van der Waals surface area (Å²) in [7, 11) is 0. The number of hydrogen-bond donors (Lipinski definition) is 1. The van der Waals surface area contributed by atoms with E-state index in [9.17, 15) is 9.90 Å². The van der Waals surface area contributed by atoms with E-state index in [1.54, 1.807) is 6.08 Å². The van der Waals surface area contributed by atoms with Crippen LogP contribution < -0.4 is 0 Å². The van der Waals surface area contributed by atoms with Crippen molar-refractivity contribution < 1.29 is 19.4 Å². The molecule has 0 unspecified atom stereocenters. The molecule has 1 saturated carbocycles. The van der Waals surface area contributed by atoms with Crippen LogP contribution in [0.4, 0.5) is 0 Å². The lowest BCUT2D eigenvalue weighted by Crippen LogP contribution is -2.53. The molecule has 0 aromatic carbocycles. The maximum atomic E-state index is 11.8. The third kappa shape index (κ3) is 1.42. The first-order chi connectivity index (χ1) is 8.61. The van der Waals surface area contributed by atoms with Gasteiger partial charge in [0.1, 0.15) is 0 Å². The van der Waals surface area contributed by atoms with Crippen molar-refractivity contribution in [3.8, 4) is 0 Å². The first-order valence-electron chi connectivity index (χ1n) is 6.48. The normalized spacial score (nSPS) is 36.8. The van der Waals surface area contributed by atoms with Gasteiger partial charge in [0.2, 0.25) is 0 Å². The number of rotatable bonds is 0. The summed E-state index contributed by atoms with van der Waals surface area (Å²) in [6.07, 6.45) is 5.83. The number of fused-ring (bicyclic) bond motifs is 2. The minimum absolute atomic E-state index is 0.0833. The molecule has 18 heavy (non-hydrogen) atoms. The molecule has 2 aliphatic carbocycles. The van der Waals surface area contributed by atoms with Crippen LogP contribution in [0.15, 0.2) is 23.5 Å². The largest absolute Gasteiger partial charge is 0.515 e. The Morgan fingerprint density at radius 3 is 2.78 bits per heavy atom. The van der Waals surface area contributed by atoms with E-state index in [2.05, 4.69) is 6.92 Å². The zero-order chi connectivity index (χ0) is 12.8. The molecule has 1 aliphatic heterocycles. The summed E-state index contributed by atoms with van der Waals surface area (Å²) in [5, 5.41) is 9.20. The zero-order valence-corrected chi connectivity index (χ0v) is 10.6. The van der Waals surface area contributed by atoms with Crippen molar-refractivity contribution >= 4 is 5.78 Å². The van der Waals surface area contributed by atoms with Crippen LogP contribution in [0.5, 0.6) is 0 Å². The van der Waals surface area contributed by atoms with Gasteiger partial charge in [0, 0.05) is 17.4 Å². The summed E-state index contributed by atoms with van der Waals surface area (Å²) >= 11 is 0. The Morgan fingerprint density at radius 2 is 2.11 bits per heavy atom. The van der Waals surface area contributed by atoms with Gasteiger partial charge in [0.25, 0.3) is 0 Å². The van der Waals surface area contributed by atoms with E-state index in [4.69, 9.17) is 9.47 Å². The fourth-order valence-corrected chi connectivity index (χ4v) is 3.53. The molecule has 0 radical (unpaired) electrons. The third-order valence-electron chi connectivity index (χ3n) is 4.58. The predicted octanol–water partition coefficient (Wildman–Crippen LogP) is 2.26. The molecule has 98 valence electrons. The number of ether oxygens (including phenoxy) is 2. The topological polar surface area (TPSA) is 55.8 Å². The molecule has 1 spiro atoms. The maximum Gasteiger partial charge on any atom is 0.184 e. The van der Waals surface area contributed by atoms with Crippen LogP contribution in [0.25, 0.3) is 0 Å². The number of carbonyl (C=O) groups is 1. The molecule has 1 heterocycles. The highest BCUT2D eigenvalue weighted by Crippen LogP contribution is 2.56. The van der Waals surface area contributed by atoms with Gasteiger partial charge in [0.15, 0.2) is 11.6 Å². The van der Waals surface area contributed by atoms with Gasteiger partial charge < -0.3 is 14.6 Å². The van der Waals surface area contributed by atoms with Crippen molar-refractivity contribution in [3.05, 3.63) is 23.5 Å². The number of ketones is 1. The Kier molecular flexibility index (Phi) is 2.61. The van der Waals surface area contributed by atoms with E-state index in [0.29, 0.717) is 25.2 Å². The van der Waals surface area contributed by atoms with Crippen molar-refractivity contribution in [2.75, 3.05) is 13.2 Å². The molecule has 4 nitrogen and oxygen atoms in total. The molecule has 0 aromatic heterocycles. The van der Waals surface area contributed by atoms with Crippen LogP contribution >= 0.6 is 0 Å². The monoisotopic (exact) mass is 250 g/mol. The zero-order valence-electron chi connectivity index (χ0n) is 10.6.